The van der Waals surface area contributed by atoms with E-state index in [9.17, 15) is 18.4 Å². The van der Waals surface area contributed by atoms with Crippen LogP contribution in [0, 0.1) is 0 Å². The van der Waals surface area contributed by atoms with Gasteiger partial charge in [-0.1, -0.05) is 36.0 Å². The van der Waals surface area contributed by atoms with E-state index in [0.29, 0.717) is 34.8 Å². The number of rotatable bonds is 10. The van der Waals surface area contributed by atoms with Crippen LogP contribution in [0.25, 0.3) is 16.6 Å². The van der Waals surface area contributed by atoms with Crippen molar-refractivity contribution in [3.8, 4) is 11.4 Å². The zero-order chi connectivity index (χ0) is 23.1. The van der Waals surface area contributed by atoms with Crippen molar-refractivity contribution in [3.05, 3.63) is 84.2 Å². The Kier molecular flexibility index (Phi) is 7.77. The molecule has 166 valence electrons. The minimum absolute atomic E-state index is 0.0283. The number of fused-ring (bicyclic) bond motifs is 1. The van der Waals surface area contributed by atoms with E-state index in [2.05, 4.69) is 22.9 Å². The van der Waals surface area contributed by atoms with Crippen molar-refractivity contribution < 1.29 is 18.3 Å². The number of hydrogen-bond acceptors (Lipinski definition) is 5. The molecule has 0 aliphatic heterocycles. The van der Waals surface area contributed by atoms with Crippen LogP contribution in [0.15, 0.2) is 83.8 Å². The number of amides is 1. The van der Waals surface area contributed by atoms with Gasteiger partial charge in [-0.3, -0.25) is 14.2 Å². The lowest BCUT2D eigenvalue weighted by atomic mass is 10.2. The minimum Gasteiger partial charge on any atom is -0.435 e. The van der Waals surface area contributed by atoms with Crippen LogP contribution >= 0.6 is 11.8 Å². The number of halogens is 2. The molecule has 0 spiro atoms. The number of alkyl halides is 2. The molecule has 2 aromatic carbocycles. The number of thioether (sulfide) groups is 1. The molecule has 0 atom stereocenters. The highest BCUT2D eigenvalue weighted by molar-refractivity contribution is 7.99. The van der Waals surface area contributed by atoms with Gasteiger partial charge in [0.25, 0.3) is 5.56 Å². The van der Waals surface area contributed by atoms with Gasteiger partial charge in [-0.25, -0.2) is 4.98 Å². The second-order valence-corrected chi connectivity index (χ2v) is 7.53. The Morgan fingerprint density at radius 1 is 1.12 bits per heavy atom. The van der Waals surface area contributed by atoms with Crippen molar-refractivity contribution in [3.63, 3.8) is 0 Å². The second kappa shape index (κ2) is 10.7. The molecule has 0 unspecified atom stereocenters. The molecule has 0 fully saturated rings. The molecule has 3 rings (SSSR count). The molecule has 0 saturated carbocycles. The van der Waals surface area contributed by atoms with Crippen LogP contribution < -0.4 is 10.3 Å². The maximum atomic E-state index is 13.2. The fourth-order valence-corrected chi connectivity index (χ4v) is 3.94. The molecule has 0 saturated heterocycles. The predicted octanol–water partition coefficient (Wildman–Crippen LogP) is 4.28. The van der Waals surface area contributed by atoms with Gasteiger partial charge in [0, 0.05) is 13.1 Å². The Balaban J connectivity index is 1.99. The Morgan fingerprint density at radius 3 is 2.41 bits per heavy atom. The molecule has 3 aromatic rings. The second-order valence-electron chi connectivity index (χ2n) is 6.59. The normalized spacial score (nSPS) is 10.8. The van der Waals surface area contributed by atoms with Crippen molar-refractivity contribution in [2.45, 2.75) is 11.8 Å². The van der Waals surface area contributed by atoms with Gasteiger partial charge in [0.2, 0.25) is 5.91 Å². The monoisotopic (exact) mass is 457 g/mol. The predicted molar refractivity (Wildman–Crippen MR) is 122 cm³/mol. The van der Waals surface area contributed by atoms with Gasteiger partial charge >= 0.3 is 6.61 Å². The summed E-state index contributed by atoms with van der Waals surface area (Å²) in [5.41, 5.74) is 0.580. The zero-order valence-electron chi connectivity index (χ0n) is 17.1. The number of hydrogen-bond donors (Lipinski definition) is 0. The summed E-state index contributed by atoms with van der Waals surface area (Å²) in [6.45, 7) is 5.11. The lowest BCUT2D eigenvalue weighted by molar-refractivity contribution is -0.127. The third-order valence-electron chi connectivity index (χ3n) is 4.44. The number of para-hydroxylation sites is 1. The van der Waals surface area contributed by atoms with E-state index in [-0.39, 0.29) is 23.0 Å². The van der Waals surface area contributed by atoms with Crippen molar-refractivity contribution in [1.82, 2.24) is 14.5 Å². The topological polar surface area (TPSA) is 64.4 Å². The molecule has 9 heteroatoms. The van der Waals surface area contributed by atoms with Gasteiger partial charge in [-0.2, -0.15) is 8.78 Å². The van der Waals surface area contributed by atoms with Crippen LogP contribution in [0.3, 0.4) is 0 Å². The van der Waals surface area contributed by atoms with E-state index in [0.717, 1.165) is 11.8 Å². The van der Waals surface area contributed by atoms with E-state index in [1.54, 1.807) is 41.3 Å². The number of aromatic nitrogens is 2. The summed E-state index contributed by atoms with van der Waals surface area (Å²) in [4.78, 5) is 32.0. The fraction of sp³-hybridized carbons (Fsp3) is 0.174. The molecule has 32 heavy (non-hydrogen) atoms. The van der Waals surface area contributed by atoms with Gasteiger partial charge < -0.3 is 9.64 Å². The highest BCUT2D eigenvalue weighted by atomic mass is 32.2. The fourth-order valence-electron chi connectivity index (χ4n) is 3.02. The Bertz CT molecular complexity index is 1170. The summed E-state index contributed by atoms with van der Waals surface area (Å²) in [5.74, 6) is -0.150. The molecular formula is C23H21F2N3O3S. The average molecular weight is 458 g/mol. The Labute approximate surface area is 187 Å². The van der Waals surface area contributed by atoms with Gasteiger partial charge in [0.05, 0.1) is 22.3 Å². The maximum Gasteiger partial charge on any atom is 0.387 e. The number of carbonyl (C=O) groups is 1. The molecule has 0 N–H and O–H groups in total. The summed E-state index contributed by atoms with van der Waals surface area (Å²) in [6, 6.07) is 12.5. The molecule has 1 amide bonds. The standard InChI is InChI=1S/C23H21F2N3O3S/c1-3-13-27(14-4-2)20(29)15-32-23-26-19-8-6-5-7-18(19)21(30)28(23)16-9-11-17(12-10-16)31-22(24)25/h3-12,22H,1-2,13-15H2. The van der Waals surface area contributed by atoms with Gasteiger partial charge in [0.1, 0.15) is 5.75 Å². The molecule has 0 aliphatic carbocycles. The van der Waals surface area contributed by atoms with Crippen molar-refractivity contribution >= 4 is 28.6 Å². The van der Waals surface area contributed by atoms with Crippen molar-refractivity contribution in [1.29, 1.82) is 0 Å². The van der Waals surface area contributed by atoms with E-state index in [1.165, 1.54) is 28.8 Å². The van der Waals surface area contributed by atoms with Gasteiger partial charge in [-0.15, -0.1) is 13.2 Å². The van der Waals surface area contributed by atoms with Crippen LogP contribution in [-0.2, 0) is 4.79 Å². The van der Waals surface area contributed by atoms with E-state index >= 15 is 0 Å². The summed E-state index contributed by atoms with van der Waals surface area (Å²) in [5, 5.41) is 0.706. The first-order valence-corrected chi connectivity index (χ1v) is 10.6. The molecule has 6 nitrogen and oxygen atoms in total. The summed E-state index contributed by atoms with van der Waals surface area (Å²) >= 11 is 1.11. The van der Waals surface area contributed by atoms with Crippen LogP contribution in [0.4, 0.5) is 8.78 Å². The molecule has 0 bridgehead atoms. The number of ether oxygens (including phenoxy) is 1. The van der Waals surface area contributed by atoms with Gasteiger partial charge in [0.15, 0.2) is 5.16 Å². The first-order valence-electron chi connectivity index (χ1n) is 9.64. The molecule has 1 heterocycles. The molecule has 1 aromatic heterocycles. The highest BCUT2D eigenvalue weighted by Gasteiger charge is 2.17. The molecule has 0 aliphatic rings. The molecular weight excluding hydrogens is 436 g/mol. The summed E-state index contributed by atoms with van der Waals surface area (Å²) in [7, 11) is 0. The minimum atomic E-state index is -2.95. The third-order valence-corrected chi connectivity index (χ3v) is 5.36. The summed E-state index contributed by atoms with van der Waals surface area (Å²) < 4.78 is 30.7. The first-order chi connectivity index (χ1) is 15.4. The summed E-state index contributed by atoms with van der Waals surface area (Å²) in [6.07, 6.45) is 3.25. The largest absolute Gasteiger partial charge is 0.435 e. The zero-order valence-corrected chi connectivity index (χ0v) is 17.9. The van der Waals surface area contributed by atoms with E-state index in [1.807, 2.05) is 0 Å². The highest BCUT2D eigenvalue weighted by Crippen LogP contribution is 2.23. The first kappa shape index (κ1) is 23.2. The van der Waals surface area contributed by atoms with Crippen LogP contribution in [0.1, 0.15) is 0 Å². The van der Waals surface area contributed by atoms with Crippen LogP contribution in [-0.4, -0.2) is 45.8 Å². The van der Waals surface area contributed by atoms with E-state index in [4.69, 9.17) is 0 Å². The number of carbonyl (C=O) groups excluding carboxylic acids is 1. The van der Waals surface area contributed by atoms with Crippen molar-refractivity contribution in [2.75, 3.05) is 18.8 Å². The quantitative estimate of drug-likeness (QED) is 0.258. The van der Waals surface area contributed by atoms with E-state index < -0.39 is 6.61 Å². The lowest BCUT2D eigenvalue weighted by Gasteiger charge is -2.19. The molecule has 0 radical (unpaired) electrons. The third kappa shape index (κ3) is 5.42. The lowest BCUT2D eigenvalue weighted by Crippen LogP contribution is -2.33. The number of benzene rings is 2. The average Bonchev–Trinajstić information content (AvgIpc) is 2.78. The smallest absolute Gasteiger partial charge is 0.387 e. The maximum absolute atomic E-state index is 13.2. The number of nitrogens with zero attached hydrogens (tertiary/aromatic N) is 3. The Morgan fingerprint density at radius 2 is 1.78 bits per heavy atom. The van der Waals surface area contributed by atoms with Gasteiger partial charge in [-0.05, 0) is 36.4 Å². The van der Waals surface area contributed by atoms with Crippen LogP contribution in [0.2, 0.25) is 0 Å². The van der Waals surface area contributed by atoms with Crippen LogP contribution in [0.5, 0.6) is 5.75 Å². The van der Waals surface area contributed by atoms with Crippen molar-refractivity contribution in [2.24, 2.45) is 0 Å². The SMILES string of the molecule is C=CCN(CC=C)C(=O)CSc1nc2ccccc2c(=O)n1-c1ccc(OC(F)F)cc1. The Hall–Kier alpha value is -3.46.